The molecule has 0 aromatic rings. The summed E-state index contributed by atoms with van der Waals surface area (Å²) in [4.78, 5) is 2.49. The molecular formula is C11H24N2O. The van der Waals surface area contributed by atoms with Crippen LogP contribution in [0.4, 0.5) is 0 Å². The highest BCUT2D eigenvalue weighted by Gasteiger charge is 2.27. The predicted octanol–water partition coefficient (Wildman–Crippen LogP) is 1.08. The molecule has 2 atom stereocenters. The van der Waals surface area contributed by atoms with Crippen molar-refractivity contribution in [1.82, 2.24) is 4.90 Å². The Morgan fingerprint density at radius 2 is 2.21 bits per heavy atom. The van der Waals surface area contributed by atoms with Gasteiger partial charge in [0.15, 0.2) is 0 Å². The van der Waals surface area contributed by atoms with Crippen molar-refractivity contribution in [2.45, 2.75) is 32.7 Å². The van der Waals surface area contributed by atoms with E-state index in [1.807, 2.05) is 0 Å². The summed E-state index contributed by atoms with van der Waals surface area (Å²) in [5.41, 5.74) is 5.68. The van der Waals surface area contributed by atoms with E-state index < -0.39 is 0 Å². The fraction of sp³-hybridized carbons (Fsp3) is 1.00. The number of nitrogens with zero attached hydrogens (tertiary/aromatic N) is 1. The topological polar surface area (TPSA) is 38.5 Å². The molecular weight excluding hydrogens is 176 g/mol. The first-order chi connectivity index (χ1) is 6.77. The first-order valence-corrected chi connectivity index (χ1v) is 5.79. The Labute approximate surface area is 87.6 Å². The van der Waals surface area contributed by atoms with Crippen LogP contribution in [0.3, 0.4) is 0 Å². The van der Waals surface area contributed by atoms with Gasteiger partial charge < -0.3 is 10.5 Å². The van der Waals surface area contributed by atoms with Gasteiger partial charge in [-0.1, -0.05) is 6.92 Å². The molecule has 2 N–H and O–H groups in total. The van der Waals surface area contributed by atoms with Crippen molar-refractivity contribution in [2.24, 2.45) is 11.7 Å². The third-order valence-corrected chi connectivity index (χ3v) is 3.00. The Hall–Kier alpha value is -0.120. The van der Waals surface area contributed by atoms with E-state index in [2.05, 4.69) is 18.7 Å². The van der Waals surface area contributed by atoms with Crippen LogP contribution < -0.4 is 5.73 Å². The molecule has 0 saturated carbocycles. The summed E-state index contributed by atoms with van der Waals surface area (Å²) < 4.78 is 5.49. The maximum Gasteiger partial charge on any atom is 0.0593 e. The Balaban J connectivity index is 2.12. The lowest BCUT2D eigenvalue weighted by molar-refractivity contribution is 0.101. The molecule has 1 aliphatic rings. The summed E-state index contributed by atoms with van der Waals surface area (Å²) in [6, 6.07) is 0.689. The first kappa shape index (κ1) is 12.0. The molecule has 1 saturated heterocycles. The van der Waals surface area contributed by atoms with Crippen LogP contribution in [0.15, 0.2) is 0 Å². The largest absolute Gasteiger partial charge is 0.380 e. The molecule has 0 aliphatic carbocycles. The van der Waals surface area contributed by atoms with Crippen LogP contribution in [0.25, 0.3) is 0 Å². The average Bonchev–Trinajstić information content (AvgIpc) is 2.54. The summed E-state index contributed by atoms with van der Waals surface area (Å²) in [5, 5.41) is 0. The number of hydrogen-bond acceptors (Lipinski definition) is 3. The van der Waals surface area contributed by atoms with E-state index in [0.29, 0.717) is 12.0 Å². The third-order valence-electron chi connectivity index (χ3n) is 3.00. The van der Waals surface area contributed by atoms with Gasteiger partial charge in [-0.05, 0) is 32.2 Å². The molecule has 3 nitrogen and oxygen atoms in total. The zero-order valence-corrected chi connectivity index (χ0v) is 9.54. The smallest absolute Gasteiger partial charge is 0.0593 e. The summed E-state index contributed by atoms with van der Waals surface area (Å²) in [6.45, 7) is 9.25. The molecule has 0 amide bonds. The maximum absolute atomic E-state index is 5.68. The van der Waals surface area contributed by atoms with Gasteiger partial charge in [0, 0.05) is 25.7 Å². The van der Waals surface area contributed by atoms with Crippen LogP contribution in [0, 0.1) is 5.92 Å². The molecule has 0 spiro atoms. The minimum Gasteiger partial charge on any atom is -0.380 e. The molecule has 3 heteroatoms. The van der Waals surface area contributed by atoms with Crippen LogP contribution in [0.5, 0.6) is 0 Å². The summed E-state index contributed by atoms with van der Waals surface area (Å²) >= 11 is 0. The van der Waals surface area contributed by atoms with Gasteiger partial charge in [0.05, 0.1) is 6.61 Å². The predicted molar refractivity (Wildman–Crippen MR) is 59.3 cm³/mol. The second-order valence-electron chi connectivity index (χ2n) is 4.29. The number of rotatable bonds is 6. The minimum atomic E-state index is 0.689. The lowest BCUT2D eigenvalue weighted by Crippen LogP contribution is -2.31. The lowest BCUT2D eigenvalue weighted by atomic mass is 10.1. The average molecular weight is 200 g/mol. The second kappa shape index (κ2) is 6.38. The van der Waals surface area contributed by atoms with Gasteiger partial charge in [-0.3, -0.25) is 4.90 Å². The molecule has 0 aromatic carbocycles. The van der Waals surface area contributed by atoms with Crippen molar-refractivity contribution in [3.05, 3.63) is 0 Å². The van der Waals surface area contributed by atoms with Crippen molar-refractivity contribution < 1.29 is 4.74 Å². The van der Waals surface area contributed by atoms with Gasteiger partial charge in [0.2, 0.25) is 0 Å². The van der Waals surface area contributed by atoms with Crippen molar-refractivity contribution >= 4 is 0 Å². The van der Waals surface area contributed by atoms with Crippen molar-refractivity contribution in [3.63, 3.8) is 0 Å². The van der Waals surface area contributed by atoms with Gasteiger partial charge in [-0.2, -0.15) is 0 Å². The summed E-state index contributed by atoms with van der Waals surface area (Å²) in [6.07, 6.45) is 2.37. The van der Waals surface area contributed by atoms with Crippen LogP contribution >= 0.6 is 0 Å². The quantitative estimate of drug-likeness (QED) is 0.652. The van der Waals surface area contributed by atoms with Crippen molar-refractivity contribution in [3.8, 4) is 0 Å². The lowest BCUT2D eigenvalue weighted by Gasteiger charge is -2.20. The highest BCUT2D eigenvalue weighted by Crippen LogP contribution is 2.21. The van der Waals surface area contributed by atoms with Crippen LogP contribution in [-0.4, -0.2) is 43.8 Å². The van der Waals surface area contributed by atoms with Gasteiger partial charge in [-0.25, -0.2) is 0 Å². The molecule has 0 radical (unpaired) electrons. The Bertz CT molecular complexity index is 152. The van der Waals surface area contributed by atoms with Crippen LogP contribution in [0.2, 0.25) is 0 Å². The molecule has 0 aromatic heterocycles. The Morgan fingerprint density at radius 1 is 1.43 bits per heavy atom. The molecule has 2 unspecified atom stereocenters. The highest BCUT2D eigenvalue weighted by molar-refractivity contribution is 4.82. The standard InChI is InChI=1S/C11H24N2O/c1-3-5-14-6-4-13-9-11(8-12)7-10(13)2/h10-11H,3-9,12H2,1-2H3. The molecule has 1 aliphatic heterocycles. The van der Waals surface area contributed by atoms with Crippen molar-refractivity contribution in [2.75, 3.05) is 32.8 Å². The highest BCUT2D eigenvalue weighted by atomic mass is 16.5. The normalized spacial score (nSPS) is 28.5. The van der Waals surface area contributed by atoms with Crippen molar-refractivity contribution in [1.29, 1.82) is 0 Å². The fourth-order valence-corrected chi connectivity index (χ4v) is 2.13. The van der Waals surface area contributed by atoms with E-state index in [1.54, 1.807) is 0 Å². The molecule has 84 valence electrons. The number of likely N-dealkylation sites (tertiary alicyclic amines) is 1. The molecule has 14 heavy (non-hydrogen) atoms. The molecule has 1 fully saturated rings. The van der Waals surface area contributed by atoms with E-state index in [-0.39, 0.29) is 0 Å². The number of hydrogen-bond donors (Lipinski definition) is 1. The second-order valence-corrected chi connectivity index (χ2v) is 4.29. The number of nitrogens with two attached hydrogens (primary N) is 1. The van der Waals surface area contributed by atoms with E-state index in [0.717, 1.165) is 39.3 Å². The van der Waals surface area contributed by atoms with E-state index >= 15 is 0 Å². The van der Waals surface area contributed by atoms with E-state index in [1.165, 1.54) is 6.42 Å². The maximum atomic E-state index is 5.68. The van der Waals surface area contributed by atoms with Crippen LogP contribution in [-0.2, 0) is 4.74 Å². The zero-order valence-electron chi connectivity index (χ0n) is 9.54. The summed E-state index contributed by atoms with van der Waals surface area (Å²) in [5.74, 6) is 0.705. The van der Waals surface area contributed by atoms with Gasteiger partial charge in [0.25, 0.3) is 0 Å². The SMILES string of the molecule is CCCOCCN1CC(CN)CC1C. The van der Waals surface area contributed by atoms with Gasteiger partial charge >= 0.3 is 0 Å². The van der Waals surface area contributed by atoms with Crippen LogP contribution in [0.1, 0.15) is 26.7 Å². The Kier molecular flexibility index (Phi) is 5.45. The van der Waals surface area contributed by atoms with Gasteiger partial charge in [0.1, 0.15) is 0 Å². The zero-order chi connectivity index (χ0) is 10.4. The van der Waals surface area contributed by atoms with E-state index in [4.69, 9.17) is 10.5 Å². The Morgan fingerprint density at radius 3 is 2.79 bits per heavy atom. The molecule has 0 bridgehead atoms. The molecule has 1 heterocycles. The third kappa shape index (κ3) is 3.56. The molecule has 1 rings (SSSR count). The first-order valence-electron chi connectivity index (χ1n) is 5.79. The monoisotopic (exact) mass is 200 g/mol. The minimum absolute atomic E-state index is 0.689. The van der Waals surface area contributed by atoms with Gasteiger partial charge in [-0.15, -0.1) is 0 Å². The fourth-order valence-electron chi connectivity index (χ4n) is 2.13. The van der Waals surface area contributed by atoms with E-state index in [9.17, 15) is 0 Å². The summed E-state index contributed by atoms with van der Waals surface area (Å²) in [7, 11) is 0. The number of ether oxygens (including phenoxy) is 1.